The molecule has 1 unspecified atom stereocenters. The zero-order chi connectivity index (χ0) is 13.5. The average molecular weight is 253 g/mol. The van der Waals surface area contributed by atoms with E-state index in [1.807, 2.05) is 33.8 Å². The predicted molar refractivity (Wildman–Crippen MR) is 71.9 cm³/mol. The molecule has 102 valence electrons. The second kappa shape index (κ2) is 7.16. The maximum absolute atomic E-state index is 9.46. The summed E-state index contributed by atoms with van der Waals surface area (Å²) in [4.78, 5) is 8.55. The standard InChI is InChI=1S/C13H23N3O2/c1-5-11(17)6-7-14-13-15-10(4)8-12(16-13)18-9(2)3/h8-9,11,17H,5-7H2,1-4H3,(H,14,15,16). The van der Waals surface area contributed by atoms with E-state index in [0.29, 0.717) is 24.8 Å². The van der Waals surface area contributed by atoms with Crippen LogP contribution in [0.1, 0.15) is 39.3 Å². The molecule has 0 saturated heterocycles. The summed E-state index contributed by atoms with van der Waals surface area (Å²) in [7, 11) is 0. The minimum absolute atomic E-state index is 0.0917. The van der Waals surface area contributed by atoms with Gasteiger partial charge in [-0.3, -0.25) is 0 Å². The Labute approximate surface area is 109 Å². The second-order valence-corrected chi connectivity index (χ2v) is 4.62. The topological polar surface area (TPSA) is 67.3 Å². The lowest BCUT2D eigenvalue weighted by Crippen LogP contribution is -2.14. The van der Waals surface area contributed by atoms with E-state index in [0.717, 1.165) is 12.1 Å². The van der Waals surface area contributed by atoms with Crippen LogP contribution in [-0.2, 0) is 0 Å². The Morgan fingerprint density at radius 3 is 2.72 bits per heavy atom. The van der Waals surface area contributed by atoms with Crippen LogP contribution in [-0.4, -0.2) is 33.8 Å². The second-order valence-electron chi connectivity index (χ2n) is 4.62. The quantitative estimate of drug-likeness (QED) is 0.779. The van der Waals surface area contributed by atoms with Crippen LogP contribution < -0.4 is 10.1 Å². The van der Waals surface area contributed by atoms with E-state index < -0.39 is 0 Å². The predicted octanol–water partition coefficient (Wildman–Crippen LogP) is 2.15. The van der Waals surface area contributed by atoms with E-state index in [4.69, 9.17) is 4.74 Å². The number of aliphatic hydroxyl groups is 1. The summed E-state index contributed by atoms with van der Waals surface area (Å²) < 4.78 is 5.54. The molecule has 18 heavy (non-hydrogen) atoms. The van der Waals surface area contributed by atoms with Gasteiger partial charge in [0.05, 0.1) is 12.2 Å². The van der Waals surface area contributed by atoms with E-state index in [9.17, 15) is 5.11 Å². The number of aromatic nitrogens is 2. The van der Waals surface area contributed by atoms with Crippen LogP contribution in [0.2, 0.25) is 0 Å². The Hall–Kier alpha value is -1.36. The summed E-state index contributed by atoms with van der Waals surface area (Å²) in [6.07, 6.45) is 1.27. The molecular formula is C13H23N3O2. The van der Waals surface area contributed by atoms with E-state index >= 15 is 0 Å². The first-order valence-electron chi connectivity index (χ1n) is 6.45. The van der Waals surface area contributed by atoms with Crippen molar-refractivity contribution in [3.63, 3.8) is 0 Å². The molecule has 0 bridgehead atoms. The van der Waals surface area contributed by atoms with Gasteiger partial charge in [0.2, 0.25) is 11.8 Å². The van der Waals surface area contributed by atoms with Gasteiger partial charge in [0.1, 0.15) is 0 Å². The molecule has 1 atom stereocenters. The molecule has 5 heteroatoms. The van der Waals surface area contributed by atoms with Crippen LogP contribution in [0, 0.1) is 6.92 Å². The molecule has 0 fully saturated rings. The summed E-state index contributed by atoms with van der Waals surface area (Å²) in [5, 5.41) is 12.6. The van der Waals surface area contributed by atoms with Crippen LogP contribution in [0.5, 0.6) is 5.88 Å². The van der Waals surface area contributed by atoms with Gasteiger partial charge >= 0.3 is 0 Å². The van der Waals surface area contributed by atoms with Crippen LogP contribution in [0.3, 0.4) is 0 Å². The SMILES string of the molecule is CCC(O)CCNc1nc(C)cc(OC(C)C)n1. The molecule has 2 N–H and O–H groups in total. The van der Waals surface area contributed by atoms with E-state index in [1.165, 1.54) is 0 Å². The molecule has 1 rings (SSSR count). The van der Waals surface area contributed by atoms with Crippen molar-refractivity contribution in [3.05, 3.63) is 11.8 Å². The van der Waals surface area contributed by atoms with Gasteiger partial charge in [0.25, 0.3) is 0 Å². The summed E-state index contributed by atoms with van der Waals surface area (Å²) in [6, 6.07) is 1.81. The summed E-state index contributed by atoms with van der Waals surface area (Å²) in [5.41, 5.74) is 0.860. The van der Waals surface area contributed by atoms with Gasteiger partial charge in [-0.15, -0.1) is 0 Å². The largest absolute Gasteiger partial charge is 0.475 e. The van der Waals surface area contributed by atoms with Crippen LogP contribution in [0.15, 0.2) is 6.07 Å². The van der Waals surface area contributed by atoms with Gasteiger partial charge in [-0.25, -0.2) is 4.98 Å². The molecule has 0 radical (unpaired) electrons. The van der Waals surface area contributed by atoms with Crippen molar-refractivity contribution in [3.8, 4) is 5.88 Å². The van der Waals surface area contributed by atoms with Crippen molar-refractivity contribution in [1.29, 1.82) is 0 Å². The number of hydrogen-bond donors (Lipinski definition) is 2. The fourth-order valence-corrected chi connectivity index (χ4v) is 1.48. The summed E-state index contributed by atoms with van der Waals surface area (Å²) in [6.45, 7) is 8.44. The molecule has 0 saturated carbocycles. The van der Waals surface area contributed by atoms with Gasteiger partial charge in [-0.1, -0.05) is 6.92 Å². The lowest BCUT2D eigenvalue weighted by Gasteiger charge is -2.12. The molecule has 1 aromatic heterocycles. The average Bonchev–Trinajstić information content (AvgIpc) is 2.27. The maximum atomic E-state index is 9.46. The Balaban J connectivity index is 2.57. The highest BCUT2D eigenvalue weighted by molar-refractivity contribution is 5.30. The monoisotopic (exact) mass is 253 g/mol. The number of rotatable bonds is 7. The summed E-state index contributed by atoms with van der Waals surface area (Å²) >= 11 is 0. The first kappa shape index (κ1) is 14.7. The highest BCUT2D eigenvalue weighted by Gasteiger charge is 2.05. The van der Waals surface area contributed by atoms with Gasteiger partial charge < -0.3 is 15.2 Å². The fraction of sp³-hybridized carbons (Fsp3) is 0.692. The number of nitrogens with one attached hydrogen (secondary N) is 1. The third kappa shape index (κ3) is 5.31. The normalized spacial score (nSPS) is 12.6. The van der Waals surface area contributed by atoms with Crippen molar-refractivity contribution in [2.24, 2.45) is 0 Å². The maximum Gasteiger partial charge on any atom is 0.226 e. The Morgan fingerprint density at radius 2 is 2.11 bits per heavy atom. The Kier molecular flexibility index (Phi) is 5.85. The molecule has 1 heterocycles. The first-order chi connectivity index (χ1) is 8.51. The highest BCUT2D eigenvalue weighted by atomic mass is 16.5. The van der Waals surface area contributed by atoms with Gasteiger partial charge in [0, 0.05) is 18.3 Å². The molecule has 5 nitrogen and oxygen atoms in total. The first-order valence-corrected chi connectivity index (χ1v) is 6.45. The smallest absolute Gasteiger partial charge is 0.226 e. The zero-order valence-electron chi connectivity index (χ0n) is 11.6. The van der Waals surface area contributed by atoms with Crippen molar-refractivity contribution >= 4 is 5.95 Å². The molecular weight excluding hydrogens is 230 g/mol. The van der Waals surface area contributed by atoms with Crippen molar-refractivity contribution in [2.45, 2.75) is 52.7 Å². The highest BCUT2D eigenvalue weighted by Crippen LogP contribution is 2.13. The minimum Gasteiger partial charge on any atom is -0.475 e. The minimum atomic E-state index is -0.270. The van der Waals surface area contributed by atoms with Crippen LogP contribution >= 0.6 is 0 Å². The number of ether oxygens (including phenoxy) is 1. The number of aliphatic hydroxyl groups excluding tert-OH is 1. The lowest BCUT2D eigenvalue weighted by molar-refractivity contribution is 0.164. The number of anilines is 1. The van der Waals surface area contributed by atoms with Gasteiger partial charge in [0.15, 0.2) is 0 Å². The number of nitrogens with zero attached hydrogens (tertiary/aromatic N) is 2. The van der Waals surface area contributed by atoms with Crippen LogP contribution in [0.25, 0.3) is 0 Å². The fourth-order valence-electron chi connectivity index (χ4n) is 1.48. The molecule has 0 aliphatic carbocycles. The number of hydrogen-bond acceptors (Lipinski definition) is 5. The third-order valence-corrected chi connectivity index (χ3v) is 2.42. The van der Waals surface area contributed by atoms with Crippen molar-refractivity contribution in [1.82, 2.24) is 9.97 Å². The van der Waals surface area contributed by atoms with Crippen LogP contribution in [0.4, 0.5) is 5.95 Å². The van der Waals surface area contributed by atoms with Gasteiger partial charge in [-0.05, 0) is 33.6 Å². The molecule has 0 aromatic carbocycles. The summed E-state index contributed by atoms with van der Waals surface area (Å²) in [5.74, 6) is 1.13. The third-order valence-electron chi connectivity index (χ3n) is 2.42. The number of aryl methyl sites for hydroxylation is 1. The van der Waals surface area contributed by atoms with Gasteiger partial charge in [-0.2, -0.15) is 4.98 Å². The van der Waals surface area contributed by atoms with E-state index in [-0.39, 0.29) is 12.2 Å². The molecule has 1 aromatic rings. The molecule has 0 aliphatic heterocycles. The Bertz CT molecular complexity index is 369. The van der Waals surface area contributed by atoms with Crippen molar-refractivity contribution < 1.29 is 9.84 Å². The Morgan fingerprint density at radius 1 is 1.39 bits per heavy atom. The lowest BCUT2D eigenvalue weighted by atomic mass is 10.2. The molecule has 0 amide bonds. The van der Waals surface area contributed by atoms with E-state index in [1.54, 1.807) is 0 Å². The molecule has 0 aliphatic rings. The van der Waals surface area contributed by atoms with Crippen molar-refractivity contribution in [2.75, 3.05) is 11.9 Å². The van der Waals surface area contributed by atoms with E-state index in [2.05, 4.69) is 15.3 Å². The zero-order valence-corrected chi connectivity index (χ0v) is 11.6. The molecule has 0 spiro atoms.